The van der Waals surface area contributed by atoms with E-state index in [1.807, 2.05) is 56.3 Å². The van der Waals surface area contributed by atoms with Gasteiger partial charge in [-0.15, -0.1) is 0 Å². The van der Waals surface area contributed by atoms with Crippen LogP contribution in [-0.4, -0.2) is 40.2 Å². The number of carbonyl (C=O) groups excluding carboxylic acids is 1. The number of amides is 1. The summed E-state index contributed by atoms with van der Waals surface area (Å²) in [6, 6.07) is 19.3. The van der Waals surface area contributed by atoms with Gasteiger partial charge in [0.05, 0.1) is 22.8 Å². The number of likely N-dealkylation sites (N-methyl/N-ethyl adjacent to an activating group) is 1. The molecule has 1 saturated heterocycles. The van der Waals surface area contributed by atoms with E-state index in [0.29, 0.717) is 52.0 Å². The van der Waals surface area contributed by atoms with Crippen LogP contribution in [0, 0.1) is 0 Å². The predicted octanol–water partition coefficient (Wildman–Crippen LogP) is 6.64. The maximum absolute atomic E-state index is 13.1. The second kappa shape index (κ2) is 12.0. The summed E-state index contributed by atoms with van der Waals surface area (Å²) >= 11 is 7.48. The van der Waals surface area contributed by atoms with Crippen LogP contribution in [0.25, 0.3) is 6.08 Å². The second-order valence-electron chi connectivity index (χ2n) is 7.93. The molecule has 0 aliphatic carbocycles. The third kappa shape index (κ3) is 6.34. The summed E-state index contributed by atoms with van der Waals surface area (Å²) in [5, 5.41) is 10.4. The lowest BCUT2D eigenvalue weighted by molar-refractivity contribution is -0.122. The molecule has 0 saturated carbocycles. The Morgan fingerprint density at radius 2 is 1.86 bits per heavy atom. The fourth-order valence-electron chi connectivity index (χ4n) is 3.61. The highest BCUT2D eigenvalue weighted by Gasteiger charge is 2.32. The summed E-state index contributed by atoms with van der Waals surface area (Å²) in [5.74, 6) is -0.0664. The van der Waals surface area contributed by atoms with Crippen LogP contribution in [0.15, 0.2) is 76.6 Å². The van der Waals surface area contributed by atoms with Crippen molar-refractivity contribution in [1.82, 2.24) is 4.90 Å². The Labute approximate surface area is 224 Å². The lowest BCUT2D eigenvalue weighted by Crippen LogP contribution is -2.28. The van der Waals surface area contributed by atoms with Crippen molar-refractivity contribution >= 4 is 52.2 Å². The monoisotopic (exact) mass is 536 g/mol. The van der Waals surface area contributed by atoms with Gasteiger partial charge in [-0.1, -0.05) is 41.9 Å². The number of amidine groups is 1. The van der Waals surface area contributed by atoms with Crippen molar-refractivity contribution in [2.75, 3.05) is 13.2 Å². The topological polar surface area (TPSA) is 88.4 Å². The van der Waals surface area contributed by atoms with Gasteiger partial charge in [0.2, 0.25) is 0 Å². The van der Waals surface area contributed by atoms with Crippen LogP contribution in [0.1, 0.15) is 35.3 Å². The smallest absolute Gasteiger partial charge is 0.335 e. The summed E-state index contributed by atoms with van der Waals surface area (Å²) < 4.78 is 11.8. The molecule has 1 amide bonds. The first kappa shape index (κ1) is 26.3. The first-order valence-corrected chi connectivity index (χ1v) is 12.9. The molecule has 0 aromatic heterocycles. The highest BCUT2D eigenvalue weighted by molar-refractivity contribution is 8.18. The summed E-state index contributed by atoms with van der Waals surface area (Å²) in [7, 11) is 0. The van der Waals surface area contributed by atoms with E-state index in [1.165, 1.54) is 23.9 Å². The van der Waals surface area contributed by atoms with E-state index in [4.69, 9.17) is 21.1 Å². The molecule has 9 heteroatoms. The van der Waals surface area contributed by atoms with Crippen molar-refractivity contribution in [2.45, 2.75) is 20.5 Å². The van der Waals surface area contributed by atoms with Crippen molar-refractivity contribution in [1.29, 1.82) is 0 Å². The number of hydrogen-bond donors (Lipinski definition) is 1. The normalized spacial score (nSPS) is 15.4. The van der Waals surface area contributed by atoms with Crippen LogP contribution in [0.5, 0.6) is 11.5 Å². The maximum Gasteiger partial charge on any atom is 0.335 e. The quantitative estimate of drug-likeness (QED) is 0.308. The Balaban J connectivity index is 1.58. The van der Waals surface area contributed by atoms with Crippen LogP contribution in [0.3, 0.4) is 0 Å². The molecule has 1 heterocycles. The van der Waals surface area contributed by atoms with Crippen LogP contribution in [-0.2, 0) is 11.4 Å². The molecule has 0 radical (unpaired) electrons. The van der Waals surface area contributed by atoms with E-state index in [9.17, 15) is 14.7 Å². The summed E-state index contributed by atoms with van der Waals surface area (Å²) in [5.41, 5.74) is 2.24. The van der Waals surface area contributed by atoms with Gasteiger partial charge in [-0.2, -0.15) is 0 Å². The van der Waals surface area contributed by atoms with Gasteiger partial charge in [-0.25, -0.2) is 9.79 Å². The second-order valence-corrected chi connectivity index (χ2v) is 9.35. The average Bonchev–Trinajstić information content (AvgIpc) is 3.18. The molecule has 3 aromatic rings. The van der Waals surface area contributed by atoms with Crippen LogP contribution in [0.2, 0.25) is 5.02 Å². The highest BCUT2D eigenvalue weighted by atomic mass is 35.5. The van der Waals surface area contributed by atoms with Crippen molar-refractivity contribution in [3.05, 3.63) is 93.3 Å². The number of aromatic carboxylic acids is 1. The Kier molecular flexibility index (Phi) is 8.53. The molecule has 0 unspecified atom stereocenters. The molecule has 1 fully saturated rings. The number of carbonyl (C=O) groups is 2. The van der Waals surface area contributed by atoms with E-state index >= 15 is 0 Å². The van der Waals surface area contributed by atoms with E-state index in [1.54, 1.807) is 23.1 Å². The third-order valence-electron chi connectivity index (χ3n) is 5.43. The molecule has 0 bridgehead atoms. The molecule has 1 aliphatic heterocycles. The van der Waals surface area contributed by atoms with Gasteiger partial charge in [0.25, 0.3) is 5.91 Å². The Bertz CT molecular complexity index is 1390. The number of carboxylic acids is 1. The number of rotatable bonds is 9. The lowest BCUT2D eigenvalue weighted by Gasteiger charge is -2.13. The number of ether oxygens (including phenoxy) is 2. The SMILES string of the molecule is CCOc1cc(C=C2SC(=Nc3cccc(C(=O)O)c3)N(CC)C2=O)ccc1OCc1ccccc1Cl. The molecular formula is C28H25ClN2O5S. The molecule has 1 N–H and O–H groups in total. The van der Waals surface area contributed by atoms with E-state index in [-0.39, 0.29) is 11.5 Å². The molecule has 190 valence electrons. The van der Waals surface area contributed by atoms with E-state index in [2.05, 4.69) is 4.99 Å². The maximum atomic E-state index is 13.1. The molecule has 7 nitrogen and oxygen atoms in total. The van der Waals surface area contributed by atoms with Gasteiger partial charge in [0.15, 0.2) is 16.7 Å². The molecule has 37 heavy (non-hydrogen) atoms. The van der Waals surface area contributed by atoms with Gasteiger partial charge in [0, 0.05) is 17.1 Å². The van der Waals surface area contributed by atoms with Gasteiger partial charge < -0.3 is 14.6 Å². The standard InChI is InChI=1S/C28H25ClN2O5S/c1-3-31-26(32)25(37-28(31)30-21-10-7-9-19(16-21)27(33)34)15-18-12-13-23(24(14-18)35-4-2)36-17-20-8-5-6-11-22(20)29/h5-16H,3-4,17H2,1-2H3,(H,33,34). The number of halogens is 1. The number of aliphatic imine (C=N–C) groups is 1. The van der Waals surface area contributed by atoms with Crippen molar-refractivity contribution in [3.63, 3.8) is 0 Å². The minimum absolute atomic E-state index is 0.135. The Morgan fingerprint density at radius 3 is 2.59 bits per heavy atom. The first-order valence-electron chi connectivity index (χ1n) is 11.7. The molecule has 0 spiro atoms. The van der Waals surface area contributed by atoms with E-state index in [0.717, 1.165) is 11.1 Å². The van der Waals surface area contributed by atoms with Gasteiger partial charge in [-0.05, 0) is 73.6 Å². The fourth-order valence-corrected chi connectivity index (χ4v) is 4.87. The average molecular weight is 537 g/mol. The summed E-state index contributed by atoms with van der Waals surface area (Å²) in [6.07, 6.45) is 1.78. The highest BCUT2D eigenvalue weighted by Crippen LogP contribution is 2.36. The molecule has 4 rings (SSSR count). The van der Waals surface area contributed by atoms with Gasteiger partial charge in [-0.3, -0.25) is 9.69 Å². The number of benzene rings is 3. The largest absolute Gasteiger partial charge is 0.490 e. The van der Waals surface area contributed by atoms with Crippen molar-refractivity contribution < 1.29 is 24.2 Å². The summed E-state index contributed by atoms with van der Waals surface area (Å²) in [4.78, 5) is 31.0. The number of carboxylic acid groups (broad SMARTS) is 1. The lowest BCUT2D eigenvalue weighted by atomic mass is 10.1. The molecule has 3 aromatic carbocycles. The third-order valence-corrected chi connectivity index (χ3v) is 6.80. The summed E-state index contributed by atoms with van der Waals surface area (Å²) in [6.45, 7) is 4.93. The van der Waals surface area contributed by atoms with Crippen LogP contribution < -0.4 is 9.47 Å². The minimum Gasteiger partial charge on any atom is -0.490 e. The Hall–Kier alpha value is -3.75. The zero-order chi connectivity index (χ0) is 26.4. The van der Waals surface area contributed by atoms with Crippen molar-refractivity contribution in [3.8, 4) is 11.5 Å². The number of thioether (sulfide) groups is 1. The molecule has 0 atom stereocenters. The van der Waals surface area contributed by atoms with Crippen molar-refractivity contribution in [2.24, 2.45) is 4.99 Å². The number of nitrogens with zero attached hydrogens (tertiary/aromatic N) is 2. The molecular weight excluding hydrogens is 512 g/mol. The Morgan fingerprint density at radius 1 is 1.05 bits per heavy atom. The van der Waals surface area contributed by atoms with Gasteiger partial charge >= 0.3 is 5.97 Å². The first-order chi connectivity index (χ1) is 17.9. The predicted molar refractivity (Wildman–Crippen MR) is 147 cm³/mol. The van der Waals surface area contributed by atoms with Gasteiger partial charge in [0.1, 0.15) is 6.61 Å². The van der Waals surface area contributed by atoms with E-state index < -0.39 is 5.97 Å². The minimum atomic E-state index is -1.03. The number of hydrogen-bond acceptors (Lipinski definition) is 6. The fraction of sp³-hybridized carbons (Fsp3) is 0.179. The van der Waals surface area contributed by atoms with Crippen LogP contribution >= 0.6 is 23.4 Å². The van der Waals surface area contributed by atoms with Crippen LogP contribution in [0.4, 0.5) is 5.69 Å². The molecule has 1 aliphatic rings. The zero-order valence-corrected chi connectivity index (χ0v) is 21.9. The zero-order valence-electron chi connectivity index (χ0n) is 20.3.